The Kier molecular flexibility index (Phi) is 4.71. The summed E-state index contributed by atoms with van der Waals surface area (Å²) in [4.78, 5) is 26.3. The number of carbonyl (C=O) groups excluding carboxylic acids is 1. The lowest BCUT2D eigenvalue weighted by atomic mass is 10.1. The van der Waals surface area contributed by atoms with Crippen LogP contribution in [0.3, 0.4) is 0 Å². The summed E-state index contributed by atoms with van der Waals surface area (Å²) >= 11 is 1.49. The van der Waals surface area contributed by atoms with Crippen LogP contribution in [0.5, 0.6) is 0 Å². The number of nitrogens with one attached hydrogen (secondary N) is 1. The standard InChI is InChI=1S/C17H18N4O2S/c1-4-23-16(22)14-15-13(8-10(2)24-15)20-17(21-14)19-11(3)12-6-5-7-18-9-12/h5-9,11H,4H2,1-3H3,(H,19,20,21)/t11-/m0/s1. The number of rotatable bonds is 5. The zero-order chi connectivity index (χ0) is 17.1. The molecule has 0 aliphatic carbocycles. The Morgan fingerprint density at radius 1 is 1.42 bits per heavy atom. The minimum Gasteiger partial charge on any atom is -0.461 e. The molecule has 3 aromatic heterocycles. The molecule has 1 N–H and O–H groups in total. The van der Waals surface area contributed by atoms with Crippen molar-refractivity contribution < 1.29 is 9.53 Å². The van der Waals surface area contributed by atoms with Crippen molar-refractivity contribution in [3.05, 3.63) is 46.7 Å². The van der Waals surface area contributed by atoms with E-state index in [-0.39, 0.29) is 6.04 Å². The van der Waals surface area contributed by atoms with Crippen molar-refractivity contribution >= 4 is 33.5 Å². The van der Waals surface area contributed by atoms with E-state index in [0.29, 0.717) is 18.2 Å². The first-order valence-electron chi connectivity index (χ1n) is 7.70. The van der Waals surface area contributed by atoms with Crippen molar-refractivity contribution in [2.45, 2.75) is 26.8 Å². The monoisotopic (exact) mass is 342 g/mol. The summed E-state index contributed by atoms with van der Waals surface area (Å²) < 4.78 is 5.88. The largest absolute Gasteiger partial charge is 0.461 e. The summed E-state index contributed by atoms with van der Waals surface area (Å²) in [5.41, 5.74) is 2.07. The molecule has 0 radical (unpaired) electrons. The molecule has 1 atom stereocenters. The minimum absolute atomic E-state index is 0.0362. The van der Waals surface area contributed by atoms with Crippen molar-refractivity contribution in [3.63, 3.8) is 0 Å². The molecule has 3 rings (SSSR count). The fourth-order valence-corrected chi connectivity index (χ4v) is 3.29. The topological polar surface area (TPSA) is 77.0 Å². The SMILES string of the molecule is CCOC(=O)c1nc(N[C@@H](C)c2cccnc2)nc2cc(C)sc12. The molecule has 124 valence electrons. The number of hydrogen-bond donors (Lipinski definition) is 1. The molecule has 3 heterocycles. The molecule has 0 aliphatic heterocycles. The van der Waals surface area contributed by atoms with E-state index < -0.39 is 5.97 Å². The molecule has 0 saturated carbocycles. The summed E-state index contributed by atoms with van der Waals surface area (Å²) in [6.45, 7) is 6.06. The predicted molar refractivity (Wildman–Crippen MR) is 94.4 cm³/mol. The summed E-state index contributed by atoms with van der Waals surface area (Å²) in [7, 11) is 0. The normalized spacial score (nSPS) is 12.1. The van der Waals surface area contributed by atoms with E-state index in [4.69, 9.17) is 4.74 Å². The summed E-state index contributed by atoms with van der Waals surface area (Å²) in [6.07, 6.45) is 3.52. The Bertz CT molecular complexity index is 864. The van der Waals surface area contributed by atoms with Gasteiger partial charge in [-0.2, -0.15) is 0 Å². The number of aromatic nitrogens is 3. The van der Waals surface area contributed by atoms with Gasteiger partial charge in [0.05, 0.1) is 22.9 Å². The van der Waals surface area contributed by atoms with Gasteiger partial charge in [0.25, 0.3) is 0 Å². The van der Waals surface area contributed by atoms with E-state index >= 15 is 0 Å². The number of anilines is 1. The van der Waals surface area contributed by atoms with E-state index in [9.17, 15) is 4.79 Å². The molecule has 6 nitrogen and oxygen atoms in total. The molecule has 0 fully saturated rings. The first kappa shape index (κ1) is 16.3. The summed E-state index contributed by atoms with van der Waals surface area (Å²) in [5, 5.41) is 3.23. The number of pyridine rings is 1. The third-order valence-electron chi connectivity index (χ3n) is 3.49. The zero-order valence-electron chi connectivity index (χ0n) is 13.7. The van der Waals surface area contributed by atoms with Crippen LogP contribution in [-0.2, 0) is 4.74 Å². The van der Waals surface area contributed by atoms with E-state index in [1.807, 2.05) is 32.0 Å². The average molecular weight is 342 g/mol. The molecule has 0 bridgehead atoms. The number of esters is 1. The molecule has 0 saturated heterocycles. The predicted octanol–water partition coefficient (Wildman–Crippen LogP) is 3.74. The van der Waals surface area contributed by atoms with E-state index in [1.54, 1.807) is 19.3 Å². The highest BCUT2D eigenvalue weighted by Crippen LogP contribution is 2.28. The zero-order valence-corrected chi connectivity index (χ0v) is 14.6. The Labute approximate surface area is 143 Å². The molecular formula is C17H18N4O2S. The lowest BCUT2D eigenvalue weighted by Crippen LogP contribution is -2.13. The van der Waals surface area contributed by atoms with Crippen LogP contribution in [0.25, 0.3) is 10.2 Å². The van der Waals surface area contributed by atoms with Crippen molar-refractivity contribution in [2.75, 3.05) is 11.9 Å². The molecule has 0 amide bonds. The second-order valence-electron chi connectivity index (χ2n) is 5.34. The number of hydrogen-bond acceptors (Lipinski definition) is 7. The van der Waals surface area contributed by atoms with E-state index in [1.165, 1.54) is 11.3 Å². The number of nitrogens with zero attached hydrogens (tertiary/aromatic N) is 3. The Morgan fingerprint density at radius 3 is 2.96 bits per heavy atom. The van der Waals surface area contributed by atoms with Crippen LogP contribution in [0.1, 0.15) is 40.8 Å². The quantitative estimate of drug-likeness (QED) is 0.712. The van der Waals surface area contributed by atoms with Gasteiger partial charge in [-0.15, -0.1) is 11.3 Å². The van der Waals surface area contributed by atoms with Gasteiger partial charge in [0.1, 0.15) is 0 Å². The second kappa shape index (κ2) is 6.92. The Balaban J connectivity index is 1.97. The van der Waals surface area contributed by atoms with Crippen molar-refractivity contribution in [1.29, 1.82) is 0 Å². The summed E-state index contributed by atoms with van der Waals surface area (Å²) in [6, 6.07) is 5.77. The Hall–Kier alpha value is -2.54. The first-order valence-corrected chi connectivity index (χ1v) is 8.52. The maximum atomic E-state index is 12.2. The van der Waals surface area contributed by atoms with Crippen molar-refractivity contribution in [2.24, 2.45) is 0 Å². The van der Waals surface area contributed by atoms with Gasteiger partial charge in [-0.3, -0.25) is 4.98 Å². The third kappa shape index (κ3) is 3.35. The number of carbonyl (C=O) groups is 1. The maximum absolute atomic E-state index is 12.2. The summed E-state index contributed by atoms with van der Waals surface area (Å²) in [5.74, 6) is -0.0245. The molecule has 7 heteroatoms. The van der Waals surface area contributed by atoms with Gasteiger partial charge >= 0.3 is 5.97 Å². The van der Waals surface area contributed by atoms with Gasteiger partial charge in [0, 0.05) is 17.3 Å². The van der Waals surface area contributed by atoms with Gasteiger partial charge in [0.2, 0.25) is 5.95 Å². The number of thiophene rings is 1. The molecule has 24 heavy (non-hydrogen) atoms. The molecule has 0 unspecified atom stereocenters. The lowest BCUT2D eigenvalue weighted by molar-refractivity contribution is 0.0522. The minimum atomic E-state index is -0.427. The average Bonchev–Trinajstić information content (AvgIpc) is 2.95. The highest BCUT2D eigenvalue weighted by molar-refractivity contribution is 7.19. The van der Waals surface area contributed by atoms with Crippen LogP contribution < -0.4 is 5.32 Å². The van der Waals surface area contributed by atoms with Crippen molar-refractivity contribution in [1.82, 2.24) is 15.0 Å². The van der Waals surface area contributed by atoms with Crippen LogP contribution in [0.4, 0.5) is 5.95 Å². The number of ether oxygens (including phenoxy) is 1. The highest BCUT2D eigenvalue weighted by atomic mass is 32.1. The van der Waals surface area contributed by atoms with Crippen LogP contribution in [0, 0.1) is 6.92 Å². The van der Waals surface area contributed by atoms with Gasteiger partial charge < -0.3 is 10.1 Å². The van der Waals surface area contributed by atoms with Crippen molar-refractivity contribution in [3.8, 4) is 0 Å². The Morgan fingerprint density at radius 2 is 2.25 bits per heavy atom. The first-order chi connectivity index (χ1) is 11.6. The van der Waals surface area contributed by atoms with Crippen LogP contribution in [-0.4, -0.2) is 27.5 Å². The fraction of sp³-hybridized carbons (Fsp3) is 0.294. The van der Waals surface area contributed by atoms with E-state index in [0.717, 1.165) is 20.7 Å². The molecule has 0 aliphatic rings. The van der Waals surface area contributed by atoms with Crippen LogP contribution >= 0.6 is 11.3 Å². The van der Waals surface area contributed by atoms with Gasteiger partial charge in [-0.25, -0.2) is 14.8 Å². The van der Waals surface area contributed by atoms with Crippen LogP contribution in [0.15, 0.2) is 30.6 Å². The maximum Gasteiger partial charge on any atom is 0.358 e. The molecule has 3 aromatic rings. The number of aryl methyl sites for hydroxylation is 1. The number of fused-ring (bicyclic) bond motifs is 1. The second-order valence-corrected chi connectivity index (χ2v) is 6.60. The van der Waals surface area contributed by atoms with Gasteiger partial charge in [0.15, 0.2) is 5.69 Å². The third-order valence-corrected chi connectivity index (χ3v) is 4.54. The molecule has 0 aromatic carbocycles. The highest BCUT2D eigenvalue weighted by Gasteiger charge is 2.19. The van der Waals surface area contributed by atoms with Crippen LogP contribution in [0.2, 0.25) is 0 Å². The van der Waals surface area contributed by atoms with Gasteiger partial charge in [-0.05, 0) is 38.5 Å². The fourth-order valence-electron chi connectivity index (χ4n) is 2.36. The smallest absolute Gasteiger partial charge is 0.358 e. The molecule has 0 spiro atoms. The van der Waals surface area contributed by atoms with Gasteiger partial charge in [-0.1, -0.05) is 6.07 Å². The van der Waals surface area contributed by atoms with E-state index in [2.05, 4.69) is 20.3 Å². The lowest BCUT2D eigenvalue weighted by Gasteiger charge is -2.14. The molecular weight excluding hydrogens is 324 g/mol.